The molecule has 124 valence electrons. The summed E-state index contributed by atoms with van der Waals surface area (Å²) in [5.41, 5.74) is 7.46. The lowest BCUT2D eigenvalue weighted by atomic mass is 10.1. The van der Waals surface area contributed by atoms with E-state index in [-0.39, 0.29) is 0 Å². The van der Waals surface area contributed by atoms with Gasteiger partial charge in [0.05, 0.1) is 31.6 Å². The fourth-order valence-corrected chi connectivity index (χ4v) is 2.46. The summed E-state index contributed by atoms with van der Waals surface area (Å²) in [5.74, 6) is 1.15. The highest BCUT2D eigenvalue weighted by molar-refractivity contribution is 5.54. The fraction of sp³-hybridized carbons (Fsp3) is 0.647. The average Bonchev–Trinajstić information content (AvgIpc) is 2.52. The first-order valence-corrected chi connectivity index (χ1v) is 8.06. The summed E-state index contributed by atoms with van der Waals surface area (Å²) in [6.07, 6.45) is 0.204. The molecule has 1 aromatic rings. The van der Waals surface area contributed by atoms with Gasteiger partial charge in [0.2, 0.25) is 0 Å². The number of hydrogen-bond acceptors (Lipinski definition) is 5. The number of nitrogens with two attached hydrogens (primary N) is 1. The summed E-state index contributed by atoms with van der Waals surface area (Å²) >= 11 is 0. The van der Waals surface area contributed by atoms with Gasteiger partial charge < -0.3 is 20.3 Å². The van der Waals surface area contributed by atoms with Crippen LogP contribution in [0.25, 0.3) is 0 Å². The van der Waals surface area contributed by atoms with E-state index in [9.17, 15) is 5.11 Å². The molecule has 1 atom stereocenters. The van der Waals surface area contributed by atoms with Crippen molar-refractivity contribution in [2.75, 3.05) is 45.2 Å². The van der Waals surface area contributed by atoms with Crippen LogP contribution in [0, 0.1) is 5.92 Å². The molecule has 1 heterocycles. The fourth-order valence-electron chi connectivity index (χ4n) is 2.46. The Morgan fingerprint density at radius 2 is 2.05 bits per heavy atom. The van der Waals surface area contributed by atoms with Crippen molar-refractivity contribution in [1.82, 2.24) is 4.90 Å². The molecular weight excluding hydrogens is 280 g/mol. The molecule has 0 aliphatic carbocycles. The molecule has 0 saturated carbocycles. The number of nitrogens with zero attached hydrogens (tertiary/aromatic N) is 1. The molecule has 1 fully saturated rings. The molecule has 1 aliphatic heterocycles. The number of anilines is 1. The Balaban J connectivity index is 1.86. The molecule has 0 spiro atoms. The van der Waals surface area contributed by atoms with Crippen LogP contribution in [0.2, 0.25) is 0 Å². The van der Waals surface area contributed by atoms with Gasteiger partial charge in [0, 0.05) is 19.6 Å². The molecule has 0 radical (unpaired) electrons. The second-order valence-electron chi connectivity index (χ2n) is 6.26. The molecule has 1 unspecified atom stereocenters. The molecule has 1 aliphatic rings. The lowest BCUT2D eigenvalue weighted by molar-refractivity contribution is 0.0300. The number of hydrogen-bond donors (Lipinski definition) is 2. The summed E-state index contributed by atoms with van der Waals surface area (Å²) in [5, 5.41) is 10.3. The van der Waals surface area contributed by atoms with Gasteiger partial charge in [-0.05, 0) is 30.0 Å². The first kappa shape index (κ1) is 17.1. The molecule has 0 amide bonds. The van der Waals surface area contributed by atoms with E-state index in [4.69, 9.17) is 15.2 Å². The first-order valence-electron chi connectivity index (χ1n) is 8.06. The topological polar surface area (TPSA) is 68.0 Å². The summed E-state index contributed by atoms with van der Waals surface area (Å²) in [4.78, 5) is 2.32. The second kappa shape index (κ2) is 8.36. The van der Waals surface area contributed by atoms with Crippen molar-refractivity contribution in [1.29, 1.82) is 0 Å². The van der Waals surface area contributed by atoms with E-state index in [0.717, 1.165) is 38.4 Å². The minimum Gasteiger partial charge on any atom is -0.491 e. The normalized spacial score (nSPS) is 17.6. The van der Waals surface area contributed by atoms with Crippen LogP contribution >= 0.6 is 0 Å². The number of ether oxygens (including phenoxy) is 2. The van der Waals surface area contributed by atoms with Crippen molar-refractivity contribution in [3.05, 3.63) is 23.8 Å². The van der Waals surface area contributed by atoms with Crippen molar-refractivity contribution in [3.63, 3.8) is 0 Å². The van der Waals surface area contributed by atoms with Crippen LogP contribution in [0.1, 0.15) is 31.9 Å². The van der Waals surface area contributed by atoms with Crippen LogP contribution < -0.4 is 10.5 Å². The van der Waals surface area contributed by atoms with E-state index in [1.165, 1.54) is 0 Å². The maximum absolute atomic E-state index is 10.3. The molecule has 1 aromatic carbocycles. The van der Waals surface area contributed by atoms with Gasteiger partial charge in [-0.15, -0.1) is 0 Å². The Morgan fingerprint density at radius 1 is 1.32 bits per heavy atom. The van der Waals surface area contributed by atoms with E-state index in [1.54, 1.807) is 0 Å². The van der Waals surface area contributed by atoms with Gasteiger partial charge in [-0.3, -0.25) is 4.90 Å². The highest BCUT2D eigenvalue weighted by Gasteiger charge is 2.15. The lowest BCUT2D eigenvalue weighted by Crippen LogP contribution is -2.37. The Morgan fingerprint density at radius 3 is 2.68 bits per heavy atom. The zero-order chi connectivity index (χ0) is 15.9. The van der Waals surface area contributed by atoms with Gasteiger partial charge in [-0.2, -0.15) is 0 Å². The quantitative estimate of drug-likeness (QED) is 0.755. The maximum atomic E-state index is 10.3. The number of morpholine rings is 1. The predicted molar refractivity (Wildman–Crippen MR) is 88.0 cm³/mol. The molecule has 3 N–H and O–H groups in total. The van der Waals surface area contributed by atoms with Gasteiger partial charge >= 0.3 is 0 Å². The maximum Gasteiger partial charge on any atom is 0.142 e. The molecule has 2 rings (SSSR count). The van der Waals surface area contributed by atoms with Crippen LogP contribution in [0.5, 0.6) is 5.75 Å². The Labute approximate surface area is 133 Å². The third-order valence-electron chi connectivity index (χ3n) is 3.81. The van der Waals surface area contributed by atoms with E-state index in [0.29, 0.717) is 30.4 Å². The lowest BCUT2D eigenvalue weighted by Gasteiger charge is -2.27. The molecule has 0 aromatic heterocycles. The summed E-state index contributed by atoms with van der Waals surface area (Å²) < 4.78 is 11.0. The van der Waals surface area contributed by atoms with Crippen molar-refractivity contribution < 1.29 is 14.6 Å². The monoisotopic (exact) mass is 308 g/mol. The first-order chi connectivity index (χ1) is 10.6. The van der Waals surface area contributed by atoms with Gasteiger partial charge in [-0.1, -0.05) is 19.9 Å². The zero-order valence-corrected chi connectivity index (χ0v) is 13.6. The van der Waals surface area contributed by atoms with Gasteiger partial charge in [-0.25, -0.2) is 0 Å². The van der Waals surface area contributed by atoms with Crippen LogP contribution in [0.3, 0.4) is 0 Å². The van der Waals surface area contributed by atoms with Crippen LogP contribution in [0.4, 0.5) is 5.69 Å². The number of benzene rings is 1. The van der Waals surface area contributed by atoms with E-state index < -0.39 is 6.10 Å². The number of nitrogen functional groups attached to an aromatic ring is 1. The smallest absolute Gasteiger partial charge is 0.142 e. The average molecular weight is 308 g/mol. The van der Waals surface area contributed by atoms with Gasteiger partial charge in [0.1, 0.15) is 5.75 Å². The summed E-state index contributed by atoms with van der Waals surface area (Å²) in [6, 6.07) is 5.57. The van der Waals surface area contributed by atoms with Crippen LogP contribution in [-0.2, 0) is 4.74 Å². The van der Waals surface area contributed by atoms with Crippen LogP contribution in [-0.4, -0.2) is 49.5 Å². The van der Waals surface area contributed by atoms with Crippen molar-refractivity contribution in [2.45, 2.75) is 26.4 Å². The Bertz CT molecular complexity index is 459. The summed E-state index contributed by atoms with van der Waals surface area (Å²) in [7, 11) is 0. The molecule has 0 bridgehead atoms. The molecule has 22 heavy (non-hydrogen) atoms. The Kier molecular flexibility index (Phi) is 6.49. The van der Waals surface area contributed by atoms with Gasteiger partial charge in [0.25, 0.3) is 0 Å². The van der Waals surface area contributed by atoms with Crippen molar-refractivity contribution in [3.8, 4) is 5.75 Å². The summed E-state index contributed by atoms with van der Waals surface area (Å²) in [6.45, 7) is 9.16. The largest absolute Gasteiger partial charge is 0.491 e. The second-order valence-corrected chi connectivity index (χ2v) is 6.26. The Hall–Kier alpha value is -1.30. The number of rotatable bonds is 7. The highest BCUT2D eigenvalue weighted by atomic mass is 16.5. The third kappa shape index (κ3) is 5.16. The van der Waals surface area contributed by atoms with Crippen molar-refractivity contribution in [2.24, 2.45) is 5.92 Å². The molecule has 5 heteroatoms. The van der Waals surface area contributed by atoms with Crippen molar-refractivity contribution >= 4 is 5.69 Å². The number of aliphatic hydroxyl groups excluding tert-OH is 1. The molecular formula is C17H28N2O3. The molecule has 5 nitrogen and oxygen atoms in total. The minimum absolute atomic E-state index is 0.457. The van der Waals surface area contributed by atoms with E-state index in [1.807, 2.05) is 18.2 Å². The SMILES string of the molecule is CC(C)COc1ccc(C(O)CCN2CCOCC2)cc1N. The van der Waals surface area contributed by atoms with E-state index >= 15 is 0 Å². The predicted octanol–water partition coefficient (Wildman–Crippen LogP) is 2.06. The zero-order valence-electron chi connectivity index (χ0n) is 13.6. The third-order valence-corrected chi connectivity index (χ3v) is 3.81. The van der Waals surface area contributed by atoms with E-state index in [2.05, 4.69) is 18.7 Å². The standard InChI is InChI=1S/C17H28N2O3/c1-13(2)12-22-17-4-3-14(11-15(17)18)16(20)5-6-19-7-9-21-10-8-19/h3-4,11,13,16,20H,5-10,12,18H2,1-2H3. The number of aliphatic hydroxyl groups is 1. The van der Waals surface area contributed by atoms with Crippen LogP contribution in [0.15, 0.2) is 18.2 Å². The minimum atomic E-state index is -0.496. The molecule has 1 saturated heterocycles. The highest BCUT2D eigenvalue weighted by Crippen LogP contribution is 2.27. The van der Waals surface area contributed by atoms with Gasteiger partial charge in [0.15, 0.2) is 0 Å².